The molecule has 334 valence electrons. The zero-order valence-electron chi connectivity index (χ0n) is 35.2. The molecule has 6 rings (SSSR count). The number of aromatic nitrogens is 1. The van der Waals surface area contributed by atoms with Crippen molar-refractivity contribution in [3.05, 3.63) is 136 Å². The van der Waals surface area contributed by atoms with E-state index in [4.69, 9.17) is 45.4 Å². The molecule has 9 unspecified atom stereocenters. The van der Waals surface area contributed by atoms with Crippen molar-refractivity contribution in [2.45, 2.75) is 107 Å². The van der Waals surface area contributed by atoms with E-state index < -0.39 is 72.9 Å². The molecule has 3 aromatic carbocycles. The number of pyridine rings is 1. The van der Waals surface area contributed by atoms with Gasteiger partial charge in [0.05, 0.1) is 23.8 Å². The van der Waals surface area contributed by atoms with Crippen LogP contribution in [0.4, 0.5) is 0 Å². The quantitative estimate of drug-likeness (QED) is 0.0359. The molecule has 2 fully saturated rings. The first kappa shape index (κ1) is 47.1. The van der Waals surface area contributed by atoms with Gasteiger partial charge in [-0.3, -0.25) is 19.2 Å². The summed E-state index contributed by atoms with van der Waals surface area (Å²) in [7, 11) is 0. The Hall–Kier alpha value is -5.43. The van der Waals surface area contributed by atoms with Crippen LogP contribution in [0.25, 0.3) is 0 Å². The summed E-state index contributed by atoms with van der Waals surface area (Å²) in [5, 5.41) is 26.1. The Labute approximate surface area is 374 Å². The molecule has 0 aliphatic carbocycles. The number of thioether (sulfide) groups is 1. The molecule has 0 saturated carbocycles. The van der Waals surface area contributed by atoms with E-state index in [1.54, 1.807) is 12.1 Å². The molecule has 0 spiro atoms. The number of nitrogens with one attached hydrogen (secondary N) is 1. The summed E-state index contributed by atoms with van der Waals surface area (Å²) >= 11 is 7.13. The minimum Gasteiger partial charge on any atom is -0.618 e. The average Bonchev–Trinajstić information content (AvgIpc) is 3.26. The zero-order chi connectivity index (χ0) is 45.0. The van der Waals surface area contributed by atoms with Crippen molar-refractivity contribution in [2.24, 2.45) is 0 Å². The smallest absolute Gasteiger partial charge is 0.303 e. The molecular weight excluding hydrogens is 853 g/mol. The van der Waals surface area contributed by atoms with Crippen molar-refractivity contribution in [1.29, 1.82) is 0 Å². The van der Waals surface area contributed by atoms with Crippen LogP contribution in [0.15, 0.2) is 108 Å². The standard InChI is InChI=1S/C46H50N2O13S2/c1-27(50)55-25-37-44(57-29(3)52)45(58-30(4)53)43(56-28(2)51)36(59-37)22-39(62)47-23-31-13-19-35(20-14-31)46-60-38(26-63-40-12-8-9-21-48(40)54)41(33-10-6-5-7-11-33)42(61-46)34-17-15-32(24-49)16-18-34/h5-21,36-38,41-46,49H,22-26H2,1-4H3,(H,47,62). The van der Waals surface area contributed by atoms with Crippen molar-refractivity contribution in [3.63, 3.8) is 0 Å². The van der Waals surface area contributed by atoms with E-state index >= 15 is 0 Å². The van der Waals surface area contributed by atoms with Crippen LogP contribution in [-0.4, -0.2) is 83.0 Å². The van der Waals surface area contributed by atoms with E-state index in [2.05, 4.69) is 5.32 Å². The molecule has 4 aromatic rings. The predicted octanol–water partition coefficient (Wildman–Crippen LogP) is 5.48. The van der Waals surface area contributed by atoms with Crippen molar-refractivity contribution >= 4 is 52.8 Å². The molecule has 2 saturated heterocycles. The fraction of sp³-hybridized carbons (Fsp3) is 0.391. The number of ether oxygens (including phenoxy) is 7. The van der Waals surface area contributed by atoms with Gasteiger partial charge in [-0.05, 0) is 28.3 Å². The largest absolute Gasteiger partial charge is 0.618 e. The van der Waals surface area contributed by atoms with E-state index in [0.29, 0.717) is 15.8 Å². The third kappa shape index (κ3) is 12.8. The van der Waals surface area contributed by atoms with Gasteiger partial charge in [0.2, 0.25) is 0 Å². The SMILES string of the molecule is CC(=O)OCC1OC(CC(=S)NCc2ccc(C3OC(CSc4cccc[n+]4[O-])C(c4ccccc4)C(c4ccc(CO)cc4)O3)cc2)C(OC(C)=O)C(OC(C)=O)C1OC(C)=O. The number of nitrogens with zero attached hydrogens (tertiary/aromatic N) is 1. The lowest BCUT2D eigenvalue weighted by atomic mass is 9.84. The van der Waals surface area contributed by atoms with Crippen molar-refractivity contribution < 1.29 is 62.2 Å². The molecule has 0 radical (unpaired) electrons. The minimum atomic E-state index is -1.30. The first-order valence-electron chi connectivity index (χ1n) is 20.3. The molecule has 1 aromatic heterocycles. The van der Waals surface area contributed by atoms with Gasteiger partial charge >= 0.3 is 23.9 Å². The second-order valence-corrected chi connectivity index (χ2v) is 16.6. The Morgan fingerprint density at radius 3 is 1.92 bits per heavy atom. The molecular formula is C46H50N2O13S2. The average molecular weight is 903 g/mol. The number of carbonyl (C=O) groups is 4. The van der Waals surface area contributed by atoms with Crippen LogP contribution >= 0.6 is 24.0 Å². The van der Waals surface area contributed by atoms with Gasteiger partial charge in [0.25, 0.3) is 5.03 Å². The summed E-state index contributed by atoms with van der Waals surface area (Å²) in [6.45, 7) is 4.57. The number of hydrogen-bond donors (Lipinski definition) is 2. The summed E-state index contributed by atoms with van der Waals surface area (Å²) in [5.41, 5.74) is 4.32. The van der Waals surface area contributed by atoms with Crippen molar-refractivity contribution in [2.75, 3.05) is 12.4 Å². The van der Waals surface area contributed by atoms with Crippen LogP contribution in [0.2, 0.25) is 0 Å². The first-order chi connectivity index (χ1) is 30.3. The van der Waals surface area contributed by atoms with Gasteiger partial charge in [0.1, 0.15) is 18.8 Å². The van der Waals surface area contributed by atoms with Crippen molar-refractivity contribution in [3.8, 4) is 0 Å². The summed E-state index contributed by atoms with van der Waals surface area (Å²) < 4.78 is 42.5. The van der Waals surface area contributed by atoms with Gasteiger partial charge in [0, 0.05) is 70.0 Å². The summed E-state index contributed by atoms with van der Waals surface area (Å²) in [6, 6.07) is 30.6. The maximum Gasteiger partial charge on any atom is 0.303 e. The van der Waals surface area contributed by atoms with E-state index in [1.165, 1.54) is 31.8 Å². The van der Waals surface area contributed by atoms with E-state index in [0.717, 1.165) is 46.4 Å². The molecule has 0 amide bonds. The fourth-order valence-electron chi connectivity index (χ4n) is 7.57. The summed E-state index contributed by atoms with van der Waals surface area (Å²) in [5.74, 6) is -2.55. The lowest BCUT2D eigenvalue weighted by Crippen LogP contribution is -2.62. The van der Waals surface area contributed by atoms with E-state index in [-0.39, 0.29) is 32.1 Å². The molecule has 3 heterocycles. The van der Waals surface area contributed by atoms with E-state index in [1.807, 2.05) is 84.9 Å². The third-order valence-corrected chi connectivity index (χ3v) is 11.8. The second-order valence-electron chi connectivity index (χ2n) is 15.0. The predicted molar refractivity (Wildman–Crippen MR) is 232 cm³/mol. The highest BCUT2D eigenvalue weighted by Crippen LogP contribution is 2.48. The Balaban J connectivity index is 1.19. The summed E-state index contributed by atoms with van der Waals surface area (Å²) in [6.07, 6.45) is -6.03. The molecule has 63 heavy (non-hydrogen) atoms. The number of rotatable bonds is 16. The molecule has 15 nitrogen and oxygen atoms in total. The number of esters is 4. The highest BCUT2D eigenvalue weighted by Gasteiger charge is 2.52. The highest BCUT2D eigenvalue weighted by molar-refractivity contribution is 7.99. The maximum atomic E-state index is 12.6. The maximum absolute atomic E-state index is 12.6. The Morgan fingerprint density at radius 1 is 0.698 bits per heavy atom. The van der Waals surface area contributed by atoms with Crippen molar-refractivity contribution in [1.82, 2.24) is 5.32 Å². The number of thiocarbonyl (C=S) groups is 1. The minimum absolute atomic E-state index is 0.00573. The molecule has 17 heteroatoms. The Kier molecular flexibility index (Phi) is 16.6. The molecule has 0 bridgehead atoms. The van der Waals surface area contributed by atoms with Gasteiger partial charge in [-0.2, -0.15) is 4.73 Å². The van der Waals surface area contributed by atoms with Crippen LogP contribution in [0.1, 0.15) is 80.2 Å². The Morgan fingerprint density at radius 2 is 1.30 bits per heavy atom. The molecule has 2 aliphatic heterocycles. The zero-order valence-corrected chi connectivity index (χ0v) is 36.8. The molecule has 2 N–H and O–H groups in total. The van der Waals surface area contributed by atoms with Crippen LogP contribution in [0.3, 0.4) is 0 Å². The van der Waals surface area contributed by atoms with Crippen LogP contribution in [0, 0.1) is 5.21 Å². The topological polar surface area (TPSA) is 192 Å². The number of aliphatic hydroxyl groups excluding tert-OH is 1. The van der Waals surface area contributed by atoms with Gasteiger partial charge < -0.3 is 48.8 Å². The summed E-state index contributed by atoms with van der Waals surface area (Å²) in [4.78, 5) is 48.7. The number of carbonyl (C=O) groups excluding carboxylic acids is 4. The monoisotopic (exact) mass is 902 g/mol. The molecule has 9 atom stereocenters. The van der Waals surface area contributed by atoms with Gasteiger partial charge in [-0.1, -0.05) is 103 Å². The normalized spacial score (nSPS) is 24.4. The van der Waals surface area contributed by atoms with Gasteiger partial charge in [-0.25, -0.2) is 0 Å². The number of aliphatic hydroxyl groups is 1. The number of hydrogen-bond acceptors (Lipinski definition) is 15. The highest BCUT2D eigenvalue weighted by atomic mass is 32.2. The van der Waals surface area contributed by atoms with E-state index in [9.17, 15) is 29.5 Å². The van der Waals surface area contributed by atoms with Gasteiger partial charge in [-0.15, -0.1) is 0 Å². The fourth-order valence-corrected chi connectivity index (χ4v) is 8.79. The van der Waals surface area contributed by atoms with Crippen LogP contribution in [-0.2, 0) is 65.5 Å². The molecule has 2 aliphatic rings. The van der Waals surface area contributed by atoms with Crippen LogP contribution < -0.4 is 10.0 Å². The van der Waals surface area contributed by atoms with Gasteiger partial charge in [0.15, 0.2) is 30.8 Å². The van der Waals surface area contributed by atoms with Crippen LogP contribution in [0.5, 0.6) is 0 Å². The second kappa shape index (κ2) is 22.3. The lowest BCUT2D eigenvalue weighted by molar-refractivity contribution is -0.645. The third-order valence-electron chi connectivity index (χ3n) is 10.4. The lowest BCUT2D eigenvalue weighted by Gasteiger charge is -2.44. The first-order valence-corrected chi connectivity index (χ1v) is 21.7. The number of benzene rings is 3. The Bertz CT molecular complexity index is 2190.